The summed E-state index contributed by atoms with van der Waals surface area (Å²) in [5.41, 5.74) is 4.08. The van der Waals surface area contributed by atoms with Crippen LogP contribution >= 0.6 is 0 Å². The number of amides is 1. The molecule has 0 spiro atoms. The van der Waals surface area contributed by atoms with Gasteiger partial charge in [-0.05, 0) is 99.4 Å². The highest BCUT2D eigenvalue weighted by molar-refractivity contribution is 6.04. The second-order valence-electron chi connectivity index (χ2n) is 11.5. The van der Waals surface area contributed by atoms with Gasteiger partial charge in [-0.2, -0.15) is 0 Å². The number of nitrogens with one attached hydrogen (secondary N) is 1. The number of fused-ring (bicyclic) bond motifs is 1. The predicted octanol–water partition coefficient (Wildman–Crippen LogP) is 5.95. The number of nitrogens with zero attached hydrogens (tertiary/aromatic N) is 2. The molecule has 0 aromatic heterocycles. The minimum atomic E-state index is -0.0750. The minimum absolute atomic E-state index is 0.0750. The average Bonchev–Trinajstić information content (AvgIpc) is 3.30. The Hall–Kier alpha value is -2.37. The summed E-state index contributed by atoms with van der Waals surface area (Å²) in [6.07, 6.45) is 6.58. The summed E-state index contributed by atoms with van der Waals surface area (Å²) >= 11 is 0. The second kappa shape index (κ2) is 10.3. The van der Waals surface area contributed by atoms with Gasteiger partial charge in [0.1, 0.15) is 0 Å². The first-order valence-corrected chi connectivity index (χ1v) is 13.5. The molecule has 0 radical (unpaired) electrons. The van der Waals surface area contributed by atoms with E-state index in [1.807, 2.05) is 36.4 Å². The Kier molecular flexibility index (Phi) is 7.17. The van der Waals surface area contributed by atoms with Crippen molar-refractivity contribution in [3.05, 3.63) is 59.7 Å². The maximum Gasteiger partial charge on any atom is 0.255 e. The zero-order chi connectivity index (χ0) is 24.4. The van der Waals surface area contributed by atoms with Crippen molar-refractivity contribution in [3.63, 3.8) is 0 Å². The Morgan fingerprint density at radius 1 is 1.09 bits per heavy atom. The molecular formula is C30H41N3O2. The predicted molar refractivity (Wildman–Crippen MR) is 143 cm³/mol. The van der Waals surface area contributed by atoms with Crippen LogP contribution in [0.2, 0.25) is 0 Å². The first-order valence-electron chi connectivity index (χ1n) is 13.5. The van der Waals surface area contributed by atoms with Gasteiger partial charge in [0.2, 0.25) is 0 Å². The monoisotopic (exact) mass is 475 g/mol. The molecule has 1 saturated carbocycles. The molecule has 5 heteroatoms. The molecule has 3 fully saturated rings. The Balaban J connectivity index is 1.16. The number of likely N-dealkylation sites (tertiary alicyclic amines) is 1. The molecule has 188 valence electrons. The van der Waals surface area contributed by atoms with Crippen LogP contribution < -0.4 is 10.2 Å². The van der Waals surface area contributed by atoms with Gasteiger partial charge in [-0.25, -0.2) is 0 Å². The molecule has 5 rings (SSSR count). The van der Waals surface area contributed by atoms with Crippen LogP contribution in [0.1, 0.15) is 68.8 Å². The Bertz CT molecular complexity index is 999. The molecule has 2 heterocycles. The van der Waals surface area contributed by atoms with Gasteiger partial charge in [-0.15, -0.1) is 0 Å². The van der Waals surface area contributed by atoms with Crippen molar-refractivity contribution in [1.82, 2.24) is 4.90 Å². The van der Waals surface area contributed by atoms with Crippen LogP contribution in [0.25, 0.3) is 0 Å². The zero-order valence-corrected chi connectivity index (χ0v) is 21.6. The van der Waals surface area contributed by atoms with Crippen molar-refractivity contribution in [2.24, 2.45) is 11.8 Å². The van der Waals surface area contributed by atoms with Gasteiger partial charge in [-0.3, -0.25) is 4.79 Å². The van der Waals surface area contributed by atoms with Crippen LogP contribution in [0.3, 0.4) is 0 Å². The van der Waals surface area contributed by atoms with E-state index in [-0.39, 0.29) is 11.4 Å². The maximum absolute atomic E-state index is 12.8. The van der Waals surface area contributed by atoms with Crippen LogP contribution in [0.15, 0.2) is 48.5 Å². The zero-order valence-electron chi connectivity index (χ0n) is 21.6. The molecule has 1 amide bonds. The summed E-state index contributed by atoms with van der Waals surface area (Å²) in [5, 5.41) is 3.06. The number of carbonyl (C=O) groups excluding carboxylic acids is 1. The van der Waals surface area contributed by atoms with E-state index in [0.29, 0.717) is 18.3 Å². The van der Waals surface area contributed by atoms with Crippen LogP contribution in [0, 0.1) is 11.8 Å². The number of hydrogen-bond acceptors (Lipinski definition) is 4. The fraction of sp³-hybridized carbons (Fsp3) is 0.567. The summed E-state index contributed by atoms with van der Waals surface area (Å²) in [7, 11) is 0. The molecule has 2 aromatic rings. The fourth-order valence-electron chi connectivity index (χ4n) is 5.87. The lowest BCUT2D eigenvalue weighted by Crippen LogP contribution is -2.47. The molecule has 2 atom stereocenters. The molecule has 2 aliphatic heterocycles. The molecule has 3 aliphatic rings. The maximum atomic E-state index is 12.8. The van der Waals surface area contributed by atoms with Gasteiger partial charge in [0.15, 0.2) is 0 Å². The summed E-state index contributed by atoms with van der Waals surface area (Å²) < 4.78 is 5.87. The molecular weight excluding hydrogens is 434 g/mol. The molecule has 2 aromatic carbocycles. The number of carbonyl (C=O) groups is 1. The van der Waals surface area contributed by atoms with E-state index in [9.17, 15) is 4.79 Å². The summed E-state index contributed by atoms with van der Waals surface area (Å²) in [5.74, 6) is 1.41. The third-order valence-electron chi connectivity index (χ3n) is 8.43. The number of hydrogen-bond donors (Lipinski definition) is 1. The quantitative estimate of drug-likeness (QED) is 0.486. The van der Waals surface area contributed by atoms with Gasteiger partial charge in [0.05, 0.1) is 18.2 Å². The van der Waals surface area contributed by atoms with E-state index in [2.05, 4.69) is 48.0 Å². The Morgan fingerprint density at radius 3 is 2.49 bits per heavy atom. The van der Waals surface area contributed by atoms with Gasteiger partial charge in [0, 0.05) is 36.6 Å². The van der Waals surface area contributed by atoms with Crippen molar-refractivity contribution in [2.75, 3.05) is 36.4 Å². The highest BCUT2D eigenvalue weighted by Crippen LogP contribution is 2.43. The average molecular weight is 476 g/mol. The van der Waals surface area contributed by atoms with Crippen LogP contribution in [0.5, 0.6) is 0 Å². The van der Waals surface area contributed by atoms with E-state index in [1.165, 1.54) is 50.9 Å². The third-order valence-corrected chi connectivity index (χ3v) is 8.43. The first-order chi connectivity index (χ1) is 16.9. The first kappa shape index (κ1) is 24.3. The second-order valence-corrected chi connectivity index (χ2v) is 11.5. The van der Waals surface area contributed by atoms with Gasteiger partial charge in [-0.1, -0.05) is 26.0 Å². The van der Waals surface area contributed by atoms with E-state index < -0.39 is 0 Å². The molecule has 1 aliphatic carbocycles. The van der Waals surface area contributed by atoms with Crippen molar-refractivity contribution < 1.29 is 9.53 Å². The van der Waals surface area contributed by atoms with E-state index in [4.69, 9.17) is 4.74 Å². The number of anilines is 2. The lowest BCUT2D eigenvalue weighted by Gasteiger charge is -2.37. The van der Waals surface area contributed by atoms with Crippen molar-refractivity contribution in [1.29, 1.82) is 0 Å². The standard InChI is InChI=1S/C30H41N3O2/c1-22(2)15-17-32-19-25-16-18-33(30(25,3)21-32)27-13-11-26(12-14-27)31-29(34)24-9-7-23(8-10-24)20-35-28-5-4-6-28/h7-14,22,25,28H,4-6,15-21H2,1-3H3,(H,31,34)/t25?,30-/m0/s1. The summed E-state index contributed by atoms with van der Waals surface area (Å²) in [6, 6.07) is 16.2. The highest BCUT2D eigenvalue weighted by Gasteiger charge is 2.50. The van der Waals surface area contributed by atoms with E-state index in [1.54, 1.807) is 0 Å². The molecule has 1 unspecified atom stereocenters. The van der Waals surface area contributed by atoms with Gasteiger partial charge < -0.3 is 19.9 Å². The lowest BCUT2D eigenvalue weighted by molar-refractivity contribution is -0.00866. The number of benzene rings is 2. The Labute approximate surface area is 210 Å². The lowest BCUT2D eigenvalue weighted by atomic mass is 9.90. The minimum Gasteiger partial charge on any atom is -0.374 e. The van der Waals surface area contributed by atoms with Crippen molar-refractivity contribution in [3.8, 4) is 0 Å². The van der Waals surface area contributed by atoms with Crippen LogP contribution in [0.4, 0.5) is 11.4 Å². The number of rotatable bonds is 9. The Morgan fingerprint density at radius 2 is 1.83 bits per heavy atom. The van der Waals surface area contributed by atoms with E-state index >= 15 is 0 Å². The topological polar surface area (TPSA) is 44.8 Å². The highest BCUT2D eigenvalue weighted by atomic mass is 16.5. The SMILES string of the molecule is CC(C)CCN1CC2CCN(c3ccc(NC(=O)c4ccc(COC5CCC5)cc4)cc3)[C@@]2(C)C1. The third kappa shape index (κ3) is 5.41. The van der Waals surface area contributed by atoms with Gasteiger partial charge in [0.25, 0.3) is 5.91 Å². The fourth-order valence-corrected chi connectivity index (χ4v) is 5.87. The van der Waals surface area contributed by atoms with E-state index in [0.717, 1.165) is 36.2 Å². The van der Waals surface area contributed by atoms with Gasteiger partial charge >= 0.3 is 0 Å². The van der Waals surface area contributed by atoms with Crippen molar-refractivity contribution in [2.45, 2.75) is 71.1 Å². The van der Waals surface area contributed by atoms with Crippen molar-refractivity contribution >= 4 is 17.3 Å². The molecule has 1 N–H and O–H groups in total. The normalized spacial score (nSPS) is 24.6. The summed E-state index contributed by atoms with van der Waals surface area (Å²) in [4.78, 5) is 18.0. The summed E-state index contributed by atoms with van der Waals surface area (Å²) in [6.45, 7) is 12.4. The molecule has 0 bridgehead atoms. The molecule has 5 nitrogen and oxygen atoms in total. The largest absolute Gasteiger partial charge is 0.374 e. The molecule has 2 saturated heterocycles. The number of ether oxygens (including phenoxy) is 1. The van der Waals surface area contributed by atoms with Crippen LogP contribution in [-0.4, -0.2) is 48.6 Å². The molecule has 35 heavy (non-hydrogen) atoms. The smallest absolute Gasteiger partial charge is 0.255 e. The van der Waals surface area contributed by atoms with Crippen LogP contribution in [-0.2, 0) is 11.3 Å².